The number of benzene rings is 1. The van der Waals surface area contributed by atoms with E-state index in [0.717, 1.165) is 11.8 Å². The van der Waals surface area contributed by atoms with Crippen LogP contribution in [-0.2, 0) is 9.59 Å². The molecule has 0 radical (unpaired) electrons. The third-order valence-corrected chi connectivity index (χ3v) is 3.68. The van der Waals surface area contributed by atoms with Crippen molar-refractivity contribution >= 4 is 34.2 Å². The minimum absolute atomic E-state index is 0.0123. The number of halogens is 1. The molecule has 18 heavy (non-hydrogen) atoms. The van der Waals surface area contributed by atoms with Gasteiger partial charge in [0.15, 0.2) is 5.12 Å². The van der Waals surface area contributed by atoms with E-state index in [0.29, 0.717) is 18.7 Å². The van der Waals surface area contributed by atoms with E-state index in [4.69, 9.17) is 5.73 Å². The Morgan fingerprint density at radius 2 is 2.28 bits per heavy atom. The minimum atomic E-state index is -0.433. The van der Waals surface area contributed by atoms with Gasteiger partial charge >= 0.3 is 0 Å². The van der Waals surface area contributed by atoms with Gasteiger partial charge in [0.2, 0.25) is 5.91 Å². The topological polar surface area (TPSA) is 63.4 Å². The second-order valence-corrected chi connectivity index (χ2v) is 5.62. The average molecular weight is 268 g/mol. The number of hydrogen-bond donors (Lipinski definition) is 1. The fraction of sp³-hybridized carbons (Fsp3) is 0.333. The summed E-state index contributed by atoms with van der Waals surface area (Å²) in [4.78, 5) is 24.4. The second kappa shape index (κ2) is 4.97. The van der Waals surface area contributed by atoms with Gasteiger partial charge < -0.3 is 10.6 Å². The third kappa shape index (κ3) is 2.64. The minimum Gasteiger partial charge on any atom is -0.397 e. The first-order valence-corrected chi connectivity index (χ1v) is 6.38. The van der Waals surface area contributed by atoms with Gasteiger partial charge in [0.1, 0.15) is 5.82 Å². The number of nitrogen functional groups attached to an aromatic ring is 1. The highest BCUT2D eigenvalue weighted by molar-refractivity contribution is 8.14. The molecule has 1 fully saturated rings. The summed E-state index contributed by atoms with van der Waals surface area (Å²) in [6.07, 6.45) is 0.307. The Balaban J connectivity index is 2.19. The van der Waals surface area contributed by atoms with Crippen molar-refractivity contribution in [3.63, 3.8) is 0 Å². The molecule has 0 saturated carbocycles. The van der Waals surface area contributed by atoms with Crippen molar-refractivity contribution in [3.8, 4) is 0 Å². The molecule has 1 unspecified atom stereocenters. The number of hydrogen-bond acceptors (Lipinski definition) is 4. The van der Waals surface area contributed by atoms with Crippen LogP contribution in [0.1, 0.15) is 13.3 Å². The van der Waals surface area contributed by atoms with E-state index in [1.165, 1.54) is 30.0 Å². The van der Waals surface area contributed by atoms with Crippen LogP contribution < -0.4 is 10.6 Å². The number of nitrogens with zero attached hydrogens (tertiary/aromatic N) is 1. The van der Waals surface area contributed by atoms with Crippen molar-refractivity contribution in [3.05, 3.63) is 24.0 Å². The maximum atomic E-state index is 12.9. The van der Waals surface area contributed by atoms with Gasteiger partial charge in [0.05, 0.1) is 11.4 Å². The molecule has 1 saturated heterocycles. The largest absolute Gasteiger partial charge is 0.397 e. The van der Waals surface area contributed by atoms with Crippen LogP contribution in [0.5, 0.6) is 0 Å². The van der Waals surface area contributed by atoms with Crippen LogP contribution in [-0.4, -0.2) is 22.8 Å². The molecule has 0 bridgehead atoms. The number of carbonyl (C=O) groups excluding carboxylic acids is 2. The highest BCUT2D eigenvalue weighted by Crippen LogP contribution is 2.32. The van der Waals surface area contributed by atoms with Gasteiger partial charge in [-0.15, -0.1) is 0 Å². The fourth-order valence-electron chi connectivity index (χ4n) is 1.99. The van der Waals surface area contributed by atoms with Crippen LogP contribution in [0.3, 0.4) is 0 Å². The molecule has 2 rings (SSSR count). The van der Waals surface area contributed by atoms with Gasteiger partial charge in [-0.25, -0.2) is 4.39 Å². The monoisotopic (exact) mass is 268 g/mol. The van der Waals surface area contributed by atoms with Crippen LogP contribution >= 0.6 is 11.8 Å². The van der Waals surface area contributed by atoms with Crippen molar-refractivity contribution in [1.29, 1.82) is 0 Å². The summed E-state index contributed by atoms with van der Waals surface area (Å²) in [7, 11) is 0. The normalized spacial score (nSPS) is 19.3. The van der Waals surface area contributed by atoms with Gasteiger partial charge in [-0.2, -0.15) is 0 Å². The first kappa shape index (κ1) is 12.9. The quantitative estimate of drug-likeness (QED) is 0.831. The molecule has 0 aromatic heterocycles. The van der Waals surface area contributed by atoms with Crippen molar-refractivity contribution in [2.24, 2.45) is 0 Å². The summed E-state index contributed by atoms with van der Waals surface area (Å²) >= 11 is 1.16. The number of nitrogens with two attached hydrogens (primary N) is 1. The number of thioether (sulfide) groups is 1. The highest BCUT2D eigenvalue weighted by atomic mass is 32.2. The number of rotatable bonds is 2. The van der Waals surface area contributed by atoms with Crippen molar-refractivity contribution < 1.29 is 14.0 Å². The zero-order chi connectivity index (χ0) is 13.3. The molecular formula is C12H13FN2O2S. The van der Waals surface area contributed by atoms with Crippen LogP contribution in [0.2, 0.25) is 0 Å². The summed E-state index contributed by atoms with van der Waals surface area (Å²) in [5, 5.41) is -0.0684. The van der Waals surface area contributed by atoms with E-state index in [-0.39, 0.29) is 22.0 Å². The predicted octanol–water partition coefficient (Wildman–Crippen LogP) is 1.79. The SMILES string of the molecule is CC(=O)SC1CC(=O)N(c2ccc(F)cc2N)C1. The van der Waals surface area contributed by atoms with E-state index in [9.17, 15) is 14.0 Å². The van der Waals surface area contributed by atoms with Crippen molar-refractivity contribution in [2.75, 3.05) is 17.2 Å². The summed E-state index contributed by atoms with van der Waals surface area (Å²) in [6.45, 7) is 1.91. The Bertz CT molecular complexity index is 507. The molecule has 4 nitrogen and oxygen atoms in total. The Kier molecular flexibility index (Phi) is 3.56. The van der Waals surface area contributed by atoms with E-state index < -0.39 is 5.82 Å². The maximum Gasteiger partial charge on any atom is 0.228 e. The molecule has 1 aliphatic heterocycles. The molecular weight excluding hydrogens is 255 g/mol. The number of carbonyl (C=O) groups is 2. The van der Waals surface area contributed by atoms with E-state index in [2.05, 4.69) is 0 Å². The summed E-state index contributed by atoms with van der Waals surface area (Å²) in [5.74, 6) is -0.524. The third-order valence-electron chi connectivity index (χ3n) is 2.70. The first-order chi connectivity index (χ1) is 8.47. The molecule has 0 aliphatic carbocycles. The molecule has 2 N–H and O–H groups in total. The summed E-state index contributed by atoms with van der Waals surface area (Å²) in [6, 6.07) is 3.95. The van der Waals surface area contributed by atoms with Crippen LogP contribution in [0.15, 0.2) is 18.2 Å². The van der Waals surface area contributed by atoms with Gasteiger partial charge in [0.25, 0.3) is 0 Å². The lowest BCUT2D eigenvalue weighted by molar-refractivity contribution is -0.117. The van der Waals surface area contributed by atoms with E-state index >= 15 is 0 Å². The first-order valence-electron chi connectivity index (χ1n) is 5.50. The Labute approximate surface area is 108 Å². The molecule has 0 spiro atoms. The lowest BCUT2D eigenvalue weighted by atomic mass is 10.2. The highest BCUT2D eigenvalue weighted by Gasteiger charge is 2.32. The van der Waals surface area contributed by atoms with Crippen LogP contribution in [0.25, 0.3) is 0 Å². The van der Waals surface area contributed by atoms with E-state index in [1.54, 1.807) is 0 Å². The Hall–Kier alpha value is -1.56. The molecule has 1 amide bonds. The van der Waals surface area contributed by atoms with Gasteiger partial charge in [0, 0.05) is 25.1 Å². The standard InChI is InChI=1S/C12H13FN2O2S/c1-7(16)18-9-5-12(17)15(6-9)11-3-2-8(13)4-10(11)14/h2-4,9H,5-6,14H2,1H3. The zero-order valence-corrected chi connectivity index (χ0v) is 10.7. The second-order valence-electron chi connectivity index (χ2n) is 4.14. The van der Waals surface area contributed by atoms with Crippen LogP contribution in [0.4, 0.5) is 15.8 Å². The molecule has 1 aromatic carbocycles. The van der Waals surface area contributed by atoms with Crippen molar-refractivity contribution in [2.45, 2.75) is 18.6 Å². The molecule has 96 valence electrons. The summed E-state index contributed by atoms with van der Waals surface area (Å²) in [5.41, 5.74) is 6.44. The molecule has 1 aliphatic rings. The fourth-order valence-corrected chi connectivity index (χ4v) is 2.91. The molecule has 6 heteroatoms. The van der Waals surface area contributed by atoms with Crippen molar-refractivity contribution in [1.82, 2.24) is 0 Å². The molecule has 1 atom stereocenters. The van der Waals surface area contributed by atoms with Gasteiger partial charge in [-0.3, -0.25) is 9.59 Å². The maximum absolute atomic E-state index is 12.9. The number of amides is 1. The lowest BCUT2D eigenvalue weighted by Gasteiger charge is -2.18. The van der Waals surface area contributed by atoms with Gasteiger partial charge in [-0.1, -0.05) is 11.8 Å². The predicted molar refractivity (Wildman–Crippen MR) is 69.8 cm³/mol. The molecule has 1 aromatic rings. The lowest BCUT2D eigenvalue weighted by Crippen LogP contribution is -2.25. The van der Waals surface area contributed by atoms with Crippen LogP contribution in [0, 0.1) is 5.82 Å². The Morgan fingerprint density at radius 1 is 1.56 bits per heavy atom. The Morgan fingerprint density at radius 3 is 2.89 bits per heavy atom. The number of anilines is 2. The zero-order valence-electron chi connectivity index (χ0n) is 9.85. The van der Waals surface area contributed by atoms with Gasteiger partial charge in [-0.05, 0) is 18.2 Å². The molecule has 1 heterocycles. The van der Waals surface area contributed by atoms with E-state index in [1.807, 2.05) is 0 Å². The smallest absolute Gasteiger partial charge is 0.228 e. The summed E-state index contributed by atoms with van der Waals surface area (Å²) < 4.78 is 12.9. The average Bonchev–Trinajstić information content (AvgIpc) is 2.58.